The molecule has 0 radical (unpaired) electrons. The number of aryl methyl sites for hydroxylation is 1. The fourth-order valence-corrected chi connectivity index (χ4v) is 3.89. The van der Waals surface area contributed by atoms with Crippen LogP contribution in [0.2, 0.25) is 0 Å². The first-order chi connectivity index (χ1) is 18.3. The quantitative estimate of drug-likeness (QED) is 0.131. The zero-order valence-electron chi connectivity index (χ0n) is 22.3. The fourth-order valence-electron chi connectivity index (χ4n) is 3.64. The number of nitrogens with two attached hydrogens (primary N) is 1. The number of aromatic nitrogens is 2. The van der Waals surface area contributed by atoms with Gasteiger partial charge in [-0.05, 0) is 48.8 Å². The second-order valence-electron chi connectivity index (χ2n) is 8.96. The number of hydrogen-bond acceptors (Lipinski definition) is 5. The Morgan fingerprint density at radius 1 is 1.15 bits per heavy atom. The molecule has 0 amide bonds. The summed E-state index contributed by atoms with van der Waals surface area (Å²) in [6.07, 6.45) is 6.28. The highest BCUT2D eigenvalue weighted by atomic mass is 32.1. The summed E-state index contributed by atoms with van der Waals surface area (Å²) in [5.74, 6) is -4.52. The Kier molecular flexibility index (Phi) is 11.8. The molecule has 11 heteroatoms. The molecule has 1 heterocycles. The highest BCUT2D eigenvalue weighted by Gasteiger charge is 2.31. The molecule has 1 aromatic heterocycles. The predicted molar refractivity (Wildman–Crippen MR) is 147 cm³/mol. The number of ketones is 1. The van der Waals surface area contributed by atoms with Crippen LogP contribution in [0.3, 0.4) is 0 Å². The van der Waals surface area contributed by atoms with Gasteiger partial charge in [0.1, 0.15) is 23.6 Å². The molecule has 0 bridgehead atoms. The SMILES string of the molecule is COC(N)(OC)/C(=C\C(C)C)c1c[nH][nH]cc(C(=O)c2c(F)cccc2F)c(C)c1.FC1=CCC(F)C=C1S. The molecular formula is C28H33F4N3O3S. The number of nitrogens with one attached hydrogen (secondary N) is 2. The monoisotopic (exact) mass is 567 g/mol. The van der Waals surface area contributed by atoms with Gasteiger partial charge in [0.05, 0.1) is 5.56 Å². The van der Waals surface area contributed by atoms with Crippen LogP contribution in [0.15, 0.2) is 65.6 Å². The van der Waals surface area contributed by atoms with Crippen LogP contribution in [0.25, 0.3) is 5.57 Å². The molecular weight excluding hydrogens is 534 g/mol. The lowest BCUT2D eigenvalue weighted by atomic mass is 9.96. The normalized spacial score (nSPS) is 15.7. The van der Waals surface area contributed by atoms with Crippen molar-refractivity contribution in [3.8, 4) is 0 Å². The third-order valence-electron chi connectivity index (χ3n) is 5.66. The highest BCUT2D eigenvalue weighted by molar-refractivity contribution is 7.84. The maximum absolute atomic E-state index is 14.1. The summed E-state index contributed by atoms with van der Waals surface area (Å²) in [5, 5.41) is 5.56. The Labute approximate surface area is 230 Å². The number of thiol groups is 1. The van der Waals surface area contributed by atoms with Crippen molar-refractivity contribution in [2.24, 2.45) is 11.7 Å². The standard InChI is InChI=1S/C22H27F2N3O3.C6H6F2S/c1-13(2)9-17(22(25,29-4)30-5)15-10-14(3)16(12-27-26-11-15)21(28)20-18(23)7-6-8-19(20)24;7-4-1-2-5(8)6(9)3-4/h6-13,26-27H,25H2,1-5H3;2-4,9H,1H2/b14-10?,15-11?,16-12?,17-9-;. The number of benzene rings is 1. The summed E-state index contributed by atoms with van der Waals surface area (Å²) >= 11 is 3.69. The zero-order chi connectivity index (χ0) is 29.3. The number of alkyl halides is 1. The molecule has 1 aliphatic rings. The molecule has 6 nitrogen and oxygen atoms in total. The average molecular weight is 568 g/mol. The molecule has 0 aliphatic heterocycles. The largest absolute Gasteiger partial charge is 0.337 e. The van der Waals surface area contributed by atoms with E-state index in [0.29, 0.717) is 16.7 Å². The van der Waals surface area contributed by atoms with Gasteiger partial charge in [0.25, 0.3) is 5.91 Å². The van der Waals surface area contributed by atoms with E-state index >= 15 is 0 Å². The summed E-state index contributed by atoms with van der Waals surface area (Å²) in [6.45, 7) is 5.59. The smallest absolute Gasteiger partial charge is 0.252 e. The lowest BCUT2D eigenvalue weighted by molar-refractivity contribution is -0.156. The first kappa shape index (κ1) is 32.1. The van der Waals surface area contributed by atoms with Crippen molar-refractivity contribution in [3.05, 3.63) is 99.5 Å². The van der Waals surface area contributed by atoms with Gasteiger partial charge in [0, 0.05) is 54.6 Å². The molecule has 1 unspecified atom stereocenters. The number of aromatic amines is 2. The lowest BCUT2D eigenvalue weighted by Crippen LogP contribution is -2.45. The number of carbonyl (C=O) groups is 1. The molecule has 1 aliphatic carbocycles. The van der Waals surface area contributed by atoms with Crippen molar-refractivity contribution < 1.29 is 31.8 Å². The van der Waals surface area contributed by atoms with Crippen LogP contribution < -0.4 is 5.73 Å². The Morgan fingerprint density at radius 3 is 2.26 bits per heavy atom. The number of hydrogen-bond donors (Lipinski definition) is 4. The van der Waals surface area contributed by atoms with Gasteiger partial charge in [0.2, 0.25) is 5.78 Å². The number of allylic oxidation sites excluding steroid dienone is 4. The van der Waals surface area contributed by atoms with Gasteiger partial charge >= 0.3 is 0 Å². The molecule has 0 fully saturated rings. The second-order valence-corrected chi connectivity index (χ2v) is 9.44. The lowest BCUT2D eigenvalue weighted by Gasteiger charge is -2.29. The zero-order valence-corrected chi connectivity index (χ0v) is 23.2. The van der Waals surface area contributed by atoms with Crippen LogP contribution >= 0.6 is 12.6 Å². The molecule has 39 heavy (non-hydrogen) atoms. The van der Waals surface area contributed by atoms with Crippen LogP contribution in [-0.2, 0) is 9.47 Å². The first-order valence-corrected chi connectivity index (χ1v) is 12.4. The Bertz CT molecular complexity index is 1290. The van der Waals surface area contributed by atoms with Crippen molar-refractivity contribution in [1.29, 1.82) is 0 Å². The second kappa shape index (κ2) is 14.3. The van der Waals surface area contributed by atoms with Crippen molar-refractivity contribution in [2.45, 2.75) is 39.3 Å². The summed E-state index contributed by atoms with van der Waals surface area (Å²) in [4.78, 5) is 13.0. The van der Waals surface area contributed by atoms with Crippen molar-refractivity contribution in [3.63, 3.8) is 0 Å². The van der Waals surface area contributed by atoms with Crippen LogP contribution in [-0.4, -0.2) is 42.3 Å². The number of methoxy groups -OCH3 is 2. The van der Waals surface area contributed by atoms with E-state index in [-0.39, 0.29) is 22.8 Å². The van der Waals surface area contributed by atoms with Gasteiger partial charge in [-0.15, -0.1) is 12.6 Å². The van der Waals surface area contributed by atoms with Crippen LogP contribution in [0.5, 0.6) is 0 Å². The van der Waals surface area contributed by atoms with E-state index in [0.717, 1.165) is 12.1 Å². The van der Waals surface area contributed by atoms with Crippen molar-refractivity contribution in [1.82, 2.24) is 10.2 Å². The molecule has 3 rings (SSSR count). The average Bonchev–Trinajstić information content (AvgIpc) is 2.87. The van der Waals surface area contributed by atoms with Crippen molar-refractivity contribution in [2.75, 3.05) is 14.2 Å². The van der Waals surface area contributed by atoms with Gasteiger partial charge in [-0.2, -0.15) is 0 Å². The van der Waals surface area contributed by atoms with E-state index in [9.17, 15) is 22.4 Å². The first-order valence-electron chi connectivity index (χ1n) is 12.0. The van der Waals surface area contributed by atoms with E-state index in [4.69, 9.17) is 15.2 Å². The van der Waals surface area contributed by atoms with Crippen molar-refractivity contribution >= 4 is 24.0 Å². The highest BCUT2D eigenvalue weighted by Crippen LogP contribution is 2.29. The molecule has 0 saturated heterocycles. The molecule has 4 N–H and O–H groups in total. The minimum atomic E-state index is -1.54. The minimum Gasteiger partial charge on any atom is -0.337 e. The van der Waals surface area contributed by atoms with Gasteiger partial charge in [-0.25, -0.2) is 17.6 Å². The molecule has 0 spiro atoms. The van der Waals surface area contributed by atoms with E-state index in [1.165, 1.54) is 38.6 Å². The maximum atomic E-state index is 14.1. The summed E-state index contributed by atoms with van der Waals surface area (Å²) in [6, 6.07) is 4.96. The van der Waals surface area contributed by atoms with E-state index in [2.05, 4.69) is 22.8 Å². The number of carbonyl (C=O) groups excluding carboxylic acids is 1. The van der Waals surface area contributed by atoms with Gasteiger partial charge in [-0.1, -0.05) is 26.0 Å². The Morgan fingerprint density at radius 2 is 1.74 bits per heavy atom. The van der Waals surface area contributed by atoms with Crippen LogP contribution in [0, 0.1) is 24.5 Å². The fraction of sp³-hybridized carbons (Fsp3) is 0.321. The van der Waals surface area contributed by atoms with Gasteiger partial charge in [-0.3, -0.25) is 10.5 Å². The maximum Gasteiger partial charge on any atom is 0.252 e. The van der Waals surface area contributed by atoms with E-state index < -0.39 is 40.9 Å². The Balaban J connectivity index is 0.000000499. The molecule has 2 aromatic rings. The summed E-state index contributed by atoms with van der Waals surface area (Å²) in [5.41, 5.74) is 7.27. The topological polar surface area (TPSA) is 93.1 Å². The van der Waals surface area contributed by atoms with Crippen LogP contribution in [0.1, 0.15) is 47.3 Å². The van der Waals surface area contributed by atoms with Gasteiger partial charge in [0.15, 0.2) is 0 Å². The van der Waals surface area contributed by atoms with E-state index in [1.54, 1.807) is 19.2 Å². The van der Waals surface area contributed by atoms with Gasteiger partial charge < -0.3 is 19.7 Å². The Hall–Kier alpha value is -3.12. The summed E-state index contributed by atoms with van der Waals surface area (Å²) < 4.78 is 63.6. The number of rotatable bonds is 7. The molecule has 212 valence electrons. The van der Waals surface area contributed by atoms with E-state index in [1.807, 2.05) is 19.9 Å². The predicted octanol–water partition coefficient (Wildman–Crippen LogP) is 6.62. The number of halogens is 4. The molecule has 1 atom stereocenters. The minimum absolute atomic E-state index is 0.0819. The number of ether oxygens (including phenoxy) is 2. The molecule has 1 aromatic carbocycles. The molecule has 0 saturated carbocycles. The summed E-state index contributed by atoms with van der Waals surface area (Å²) in [7, 11) is 2.83. The van der Waals surface area contributed by atoms with Crippen LogP contribution in [0.4, 0.5) is 17.6 Å². The number of H-pyrrole nitrogens is 2. The third kappa shape index (κ3) is 8.43. The third-order valence-corrected chi connectivity index (χ3v) is 6.02.